The van der Waals surface area contributed by atoms with Gasteiger partial charge in [-0.05, 0) is 47.1 Å². The van der Waals surface area contributed by atoms with Crippen LogP contribution in [-0.2, 0) is 0 Å². The zero-order valence-corrected chi connectivity index (χ0v) is 17.4. The van der Waals surface area contributed by atoms with Crippen molar-refractivity contribution in [3.8, 4) is 0 Å². The zero-order chi connectivity index (χ0) is 17.4. The first-order valence-corrected chi connectivity index (χ1v) is 13.2. The molecule has 0 heterocycles. The van der Waals surface area contributed by atoms with E-state index < -0.39 is 8.07 Å². The Kier molecular flexibility index (Phi) is 5.30. The Labute approximate surface area is 151 Å². The van der Waals surface area contributed by atoms with Crippen LogP contribution in [0, 0.1) is 23.2 Å². The molecular formula is C23H38Si. The van der Waals surface area contributed by atoms with E-state index in [1.165, 1.54) is 44.6 Å². The molecule has 3 aliphatic rings. The second-order valence-electron chi connectivity index (χ2n) is 10.1. The molecule has 0 saturated heterocycles. The lowest BCUT2D eigenvalue weighted by molar-refractivity contribution is 0.201. The molecule has 134 valence electrons. The monoisotopic (exact) mass is 342 g/mol. The van der Waals surface area contributed by atoms with Crippen molar-refractivity contribution in [3.63, 3.8) is 0 Å². The van der Waals surface area contributed by atoms with E-state index in [4.69, 9.17) is 0 Å². The molecule has 0 amide bonds. The van der Waals surface area contributed by atoms with Gasteiger partial charge in [0.25, 0.3) is 0 Å². The Morgan fingerprint density at radius 2 is 1.71 bits per heavy atom. The smallest absolute Gasteiger partial charge is 0.0576 e. The van der Waals surface area contributed by atoms with E-state index in [0.717, 1.165) is 28.8 Å². The third kappa shape index (κ3) is 3.26. The van der Waals surface area contributed by atoms with Crippen molar-refractivity contribution >= 4 is 8.07 Å². The van der Waals surface area contributed by atoms with E-state index in [0.29, 0.717) is 5.41 Å². The fraction of sp³-hybridized carbons (Fsp3) is 0.739. The molecule has 0 N–H and O–H groups in total. The van der Waals surface area contributed by atoms with Crippen LogP contribution in [0.2, 0.25) is 23.7 Å². The molecule has 0 aromatic heterocycles. The molecule has 3 aliphatic carbocycles. The van der Waals surface area contributed by atoms with Crippen molar-refractivity contribution in [1.82, 2.24) is 0 Å². The van der Waals surface area contributed by atoms with Gasteiger partial charge in [0.2, 0.25) is 0 Å². The molecule has 5 atom stereocenters. The summed E-state index contributed by atoms with van der Waals surface area (Å²) in [7, 11) is -1.29. The largest absolute Gasteiger partial charge is 0.103 e. The van der Waals surface area contributed by atoms with Gasteiger partial charge in [-0.15, -0.1) is 6.58 Å². The minimum Gasteiger partial charge on any atom is -0.103 e. The topological polar surface area (TPSA) is 0 Å². The lowest BCUT2D eigenvalue weighted by Crippen LogP contribution is -2.42. The molecule has 1 heteroatoms. The SMILES string of the molecule is C=CCC[Si](C)(C1CCCC1)C1CC(C(C)(C)C)C2C=CC=CC21. The zero-order valence-electron chi connectivity index (χ0n) is 16.4. The van der Waals surface area contributed by atoms with Gasteiger partial charge in [-0.2, -0.15) is 0 Å². The highest BCUT2D eigenvalue weighted by Gasteiger charge is 2.54. The Morgan fingerprint density at radius 1 is 1.08 bits per heavy atom. The van der Waals surface area contributed by atoms with Gasteiger partial charge in [-0.25, -0.2) is 0 Å². The minimum atomic E-state index is -1.29. The summed E-state index contributed by atoms with van der Waals surface area (Å²) in [5, 5.41) is 0. The van der Waals surface area contributed by atoms with Crippen LogP contribution in [-0.4, -0.2) is 8.07 Å². The van der Waals surface area contributed by atoms with Crippen LogP contribution in [0.25, 0.3) is 0 Å². The maximum atomic E-state index is 4.05. The van der Waals surface area contributed by atoms with E-state index in [9.17, 15) is 0 Å². The summed E-state index contributed by atoms with van der Waals surface area (Å²) >= 11 is 0. The van der Waals surface area contributed by atoms with E-state index in [-0.39, 0.29) is 0 Å². The van der Waals surface area contributed by atoms with Crippen molar-refractivity contribution in [2.45, 2.75) is 83.0 Å². The molecule has 24 heavy (non-hydrogen) atoms. The lowest BCUT2D eigenvalue weighted by atomic mass is 9.72. The number of rotatable bonds is 5. The Hall–Kier alpha value is -0.563. The van der Waals surface area contributed by atoms with Gasteiger partial charge in [-0.3, -0.25) is 0 Å². The summed E-state index contributed by atoms with van der Waals surface area (Å²) in [6.45, 7) is 14.3. The molecule has 0 nitrogen and oxygen atoms in total. The van der Waals surface area contributed by atoms with Gasteiger partial charge in [0.15, 0.2) is 0 Å². The van der Waals surface area contributed by atoms with Crippen molar-refractivity contribution in [3.05, 3.63) is 37.0 Å². The maximum Gasteiger partial charge on any atom is 0.0576 e. The van der Waals surface area contributed by atoms with E-state index in [1.54, 1.807) is 0 Å². The highest BCUT2D eigenvalue weighted by Crippen LogP contribution is 2.61. The van der Waals surface area contributed by atoms with E-state index in [1.807, 2.05) is 0 Å². The van der Waals surface area contributed by atoms with Crippen molar-refractivity contribution in [2.24, 2.45) is 23.2 Å². The summed E-state index contributed by atoms with van der Waals surface area (Å²) in [6.07, 6.45) is 20.7. The van der Waals surface area contributed by atoms with Crippen molar-refractivity contribution in [2.75, 3.05) is 0 Å². The van der Waals surface area contributed by atoms with Crippen LogP contribution < -0.4 is 0 Å². The molecule has 0 aromatic rings. The molecule has 3 rings (SSSR count). The summed E-state index contributed by atoms with van der Waals surface area (Å²) in [5.74, 6) is 2.46. The molecule has 0 aromatic carbocycles. The highest BCUT2D eigenvalue weighted by molar-refractivity contribution is 6.81. The van der Waals surface area contributed by atoms with Gasteiger partial charge in [0.05, 0.1) is 8.07 Å². The predicted molar refractivity (Wildman–Crippen MR) is 110 cm³/mol. The van der Waals surface area contributed by atoms with E-state index in [2.05, 4.69) is 64.3 Å². The summed E-state index contributed by atoms with van der Waals surface area (Å²) in [4.78, 5) is 0. The lowest BCUT2D eigenvalue weighted by Gasteiger charge is -2.42. The molecule has 0 aliphatic heterocycles. The molecule has 0 radical (unpaired) electrons. The van der Waals surface area contributed by atoms with Crippen molar-refractivity contribution < 1.29 is 0 Å². The van der Waals surface area contributed by atoms with Gasteiger partial charge >= 0.3 is 0 Å². The van der Waals surface area contributed by atoms with Crippen LogP contribution in [0.1, 0.15) is 59.3 Å². The quantitative estimate of drug-likeness (QED) is 0.361. The number of hydrogen-bond acceptors (Lipinski definition) is 0. The first-order valence-electron chi connectivity index (χ1n) is 10.3. The van der Waals surface area contributed by atoms with Crippen molar-refractivity contribution in [1.29, 1.82) is 0 Å². The molecule has 2 saturated carbocycles. The fourth-order valence-corrected chi connectivity index (χ4v) is 12.3. The Balaban J connectivity index is 1.93. The standard InChI is InChI=1S/C23H38Si/c1-6-7-16-24(5,18-12-8-9-13-18)22-17-21(23(2,3)4)19-14-10-11-15-20(19)22/h6,10-11,14-15,18-22H,1,7-9,12-13,16-17H2,2-5H3. The first-order chi connectivity index (χ1) is 11.4. The minimum absolute atomic E-state index is 0.427. The van der Waals surface area contributed by atoms with Crippen LogP contribution in [0.3, 0.4) is 0 Å². The van der Waals surface area contributed by atoms with Crippen LogP contribution in [0.4, 0.5) is 0 Å². The van der Waals surface area contributed by atoms with Gasteiger partial charge < -0.3 is 0 Å². The van der Waals surface area contributed by atoms with Crippen LogP contribution in [0.15, 0.2) is 37.0 Å². The molecule has 0 bridgehead atoms. The average molecular weight is 343 g/mol. The molecule has 5 unspecified atom stereocenters. The van der Waals surface area contributed by atoms with Crippen LogP contribution >= 0.6 is 0 Å². The molecule has 0 spiro atoms. The summed E-state index contributed by atoms with van der Waals surface area (Å²) < 4.78 is 0. The summed E-state index contributed by atoms with van der Waals surface area (Å²) in [5.41, 5.74) is 2.48. The Bertz CT molecular complexity index is 503. The highest BCUT2D eigenvalue weighted by atomic mass is 28.3. The second kappa shape index (κ2) is 6.98. The fourth-order valence-electron chi connectivity index (χ4n) is 6.36. The number of hydrogen-bond donors (Lipinski definition) is 0. The summed E-state index contributed by atoms with van der Waals surface area (Å²) in [6, 6.07) is 1.48. The first kappa shape index (κ1) is 18.2. The molecular weight excluding hydrogens is 304 g/mol. The number of fused-ring (bicyclic) bond motifs is 1. The van der Waals surface area contributed by atoms with E-state index >= 15 is 0 Å². The average Bonchev–Trinajstić information content (AvgIpc) is 3.20. The Morgan fingerprint density at radius 3 is 2.29 bits per heavy atom. The van der Waals surface area contributed by atoms with Crippen LogP contribution in [0.5, 0.6) is 0 Å². The number of allylic oxidation sites excluding steroid dienone is 5. The van der Waals surface area contributed by atoms with Gasteiger partial charge in [0, 0.05) is 0 Å². The molecule has 2 fully saturated rings. The van der Waals surface area contributed by atoms with Gasteiger partial charge in [-0.1, -0.05) is 89.4 Å². The normalized spacial score (nSPS) is 35.8. The third-order valence-electron chi connectivity index (χ3n) is 7.79. The third-order valence-corrected chi connectivity index (χ3v) is 13.9. The predicted octanol–water partition coefficient (Wildman–Crippen LogP) is 7.38. The van der Waals surface area contributed by atoms with Gasteiger partial charge in [0.1, 0.15) is 0 Å². The maximum absolute atomic E-state index is 4.05. The second-order valence-corrected chi connectivity index (χ2v) is 15.1.